The molecule has 0 fully saturated rings. The van der Waals surface area contributed by atoms with E-state index in [2.05, 4.69) is 23.5 Å². The second-order valence-electron chi connectivity index (χ2n) is 8.45. The van der Waals surface area contributed by atoms with E-state index in [1.165, 1.54) is 11.6 Å². The fraction of sp³-hybridized carbons (Fsp3) is 0.345. The Morgan fingerprint density at radius 2 is 1.51 bits per heavy atom. The number of carbonyl (C=O) groups is 1. The molecule has 200 valence electrons. The van der Waals surface area contributed by atoms with Gasteiger partial charge in [0.05, 0.1) is 39.1 Å². The first-order valence-electron chi connectivity index (χ1n) is 12.2. The number of aliphatic hydroxyl groups excluding tert-OH is 2. The van der Waals surface area contributed by atoms with Gasteiger partial charge in [0.15, 0.2) is 0 Å². The highest BCUT2D eigenvalue weighted by molar-refractivity contribution is 5.62. The number of aromatic hydroxyl groups is 1. The molecule has 0 aliphatic rings. The van der Waals surface area contributed by atoms with Crippen molar-refractivity contribution in [3.8, 4) is 5.75 Å². The van der Waals surface area contributed by atoms with E-state index in [0.29, 0.717) is 44.1 Å². The van der Waals surface area contributed by atoms with Crippen LogP contribution < -0.4 is 5.32 Å². The molecule has 3 aromatic carbocycles. The number of aliphatic carboxylic acids is 1. The van der Waals surface area contributed by atoms with Gasteiger partial charge < -0.3 is 35.2 Å². The molecule has 0 radical (unpaired) electrons. The zero-order valence-electron chi connectivity index (χ0n) is 21.2. The van der Waals surface area contributed by atoms with Crippen LogP contribution in [0.3, 0.4) is 0 Å². The maximum absolute atomic E-state index is 10.3. The number of hydrogen-bond acceptors (Lipinski definition) is 7. The van der Waals surface area contributed by atoms with Crippen LogP contribution in [0.5, 0.6) is 5.75 Å². The van der Waals surface area contributed by atoms with Crippen LogP contribution >= 0.6 is 0 Å². The topological polar surface area (TPSA) is 128 Å². The van der Waals surface area contributed by atoms with Crippen LogP contribution in [0.2, 0.25) is 0 Å². The van der Waals surface area contributed by atoms with Gasteiger partial charge in [-0.05, 0) is 47.4 Å². The van der Waals surface area contributed by atoms with Crippen molar-refractivity contribution in [3.05, 3.63) is 101 Å². The number of nitrogens with one attached hydrogen (secondary N) is 1. The van der Waals surface area contributed by atoms with Crippen molar-refractivity contribution < 1.29 is 34.7 Å². The highest BCUT2D eigenvalue weighted by Crippen LogP contribution is 2.22. The highest BCUT2D eigenvalue weighted by Gasteiger charge is 2.10. The lowest BCUT2D eigenvalue weighted by atomic mass is 10.0. The lowest BCUT2D eigenvalue weighted by molar-refractivity contribution is -0.134. The van der Waals surface area contributed by atoms with E-state index in [4.69, 9.17) is 19.4 Å². The number of carboxylic acid groups (broad SMARTS) is 1. The predicted molar refractivity (Wildman–Crippen MR) is 141 cm³/mol. The van der Waals surface area contributed by atoms with E-state index in [-0.39, 0.29) is 12.4 Å². The number of benzene rings is 3. The van der Waals surface area contributed by atoms with Gasteiger partial charge in [-0.1, -0.05) is 60.7 Å². The molecule has 0 unspecified atom stereocenters. The largest absolute Gasteiger partial charge is 0.508 e. The normalized spacial score (nSPS) is 11.4. The smallest absolute Gasteiger partial charge is 0.300 e. The molecular weight excluding hydrogens is 474 g/mol. The maximum Gasteiger partial charge on any atom is 0.300 e. The third-order valence-corrected chi connectivity index (χ3v) is 5.33. The minimum absolute atomic E-state index is 0.0324. The SMILES string of the molecule is CC(=O)O.OCc1cc([C@@H](O)CNCCc2cccc(COCCOCc3ccccc3)c2)ccc1O. The number of rotatable bonds is 14. The Balaban J connectivity index is 0.00000112. The van der Waals surface area contributed by atoms with Gasteiger partial charge >= 0.3 is 0 Å². The molecule has 0 spiro atoms. The highest BCUT2D eigenvalue weighted by atomic mass is 16.5. The van der Waals surface area contributed by atoms with Crippen LogP contribution in [-0.4, -0.2) is 52.7 Å². The van der Waals surface area contributed by atoms with Crippen LogP contribution in [0, 0.1) is 0 Å². The Labute approximate surface area is 218 Å². The van der Waals surface area contributed by atoms with Crippen molar-refractivity contribution in [2.45, 2.75) is 39.3 Å². The van der Waals surface area contributed by atoms with Crippen LogP contribution in [0.15, 0.2) is 72.8 Å². The number of ether oxygens (including phenoxy) is 2. The van der Waals surface area contributed by atoms with Crippen molar-refractivity contribution in [2.24, 2.45) is 0 Å². The quantitative estimate of drug-likeness (QED) is 0.208. The lowest BCUT2D eigenvalue weighted by Gasteiger charge is -2.14. The predicted octanol–water partition coefficient (Wildman–Crippen LogP) is 3.57. The van der Waals surface area contributed by atoms with Gasteiger partial charge in [0.1, 0.15) is 5.75 Å². The first-order valence-corrected chi connectivity index (χ1v) is 12.2. The standard InChI is InChI=1S/C27H33NO5.C2H4O2/c29-18-25-16-24(9-10-26(25)30)27(31)17-28-12-11-21-7-4-8-23(15-21)20-33-14-13-32-19-22-5-2-1-3-6-22;1-2(3)4/h1-10,15-16,27-31H,11-14,17-20H2;1H3,(H,3,4)/t27-;/m0./s1. The summed E-state index contributed by atoms with van der Waals surface area (Å²) >= 11 is 0. The maximum atomic E-state index is 10.3. The summed E-state index contributed by atoms with van der Waals surface area (Å²) in [6, 6.07) is 23.2. The molecule has 3 aromatic rings. The zero-order chi connectivity index (χ0) is 26.9. The number of carboxylic acids is 1. The van der Waals surface area contributed by atoms with Gasteiger partial charge in [-0.3, -0.25) is 4.79 Å². The van der Waals surface area contributed by atoms with E-state index in [1.54, 1.807) is 12.1 Å². The van der Waals surface area contributed by atoms with Gasteiger partial charge in [-0.25, -0.2) is 0 Å². The van der Waals surface area contributed by atoms with E-state index in [0.717, 1.165) is 31.0 Å². The molecule has 37 heavy (non-hydrogen) atoms. The first kappa shape index (κ1) is 30.0. The fourth-order valence-electron chi connectivity index (χ4n) is 3.48. The van der Waals surface area contributed by atoms with Crippen LogP contribution in [0.25, 0.3) is 0 Å². The molecule has 0 aromatic heterocycles. The lowest BCUT2D eigenvalue weighted by Crippen LogP contribution is -2.23. The summed E-state index contributed by atoms with van der Waals surface area (Å²) < 4.78 is 11.4. The fourth-order valence-corrected chi connectivity index (χ4v) is 3.48. The molecule has 0 saturated carbocycles. The van der Waals surface area contributed by atoms with Gasteiger partial charge in [0, 0.05) is 19.0 Å². The average Bonchev–Trinajstić information content (AvgIpc) is 2.89. The molecule has 0 amide bonds. The number of hydrogen-bond donors (Lipinski definition) is 5. The van der Waals surface area contributed by atoms with Crippen LogP contribution in [-0.2, 0) is 40.5 Å². The van der Waals surface area contributed by atoms with Crippen LogP contribution in [0.4, 0.5) is 0 Å². The van der Waals surface area contributed by atoms with E-state index < -0.39 is 12.1 Å². The third-order valence-electron chi connectivity index (χ3n) is 5.33. The summed E-state index contributed by atoms with van der Waals surface area (Å²) in [5.41, 5.74) is 4.55. The Morgan fingerprint density at radius 1 is 0.892 bits per heavy atom. The summed E-state index contributed by atoms with van der Waals surface area (Å²) in [6.45, 7) is 4.18. The third kappa shape index (κ3) is 12.5. The molecular formula is C29H37NO7. The van der Waals surface area contributed by atoms with Gasteiger partial charge in [0.2, 0.25) is 0 Å². The second-order valence-corrected chi connectivity index (χ2v) is 8.45. The van der Waals surface area contributed by atoms with Gasteiger partial charge in [-0.15, -0.1) is 0 Å². The number of aliphatic hydroxyl groups is 2. The summed E-state index contributed by atoms with van der Waals surface area (Å²) in [7, 11) is 0. The van der Waals surface area contributed by atoms with E-state index in [9.17, 15) is 15.3 Å². The number of phenols is 1. The summed E-state index contributed by atoms with van der Waals surface area (Å²) in [4.78, 5) is 9.00. The summed E-state index contributed by atoms with van der Waals surface area (Å²) in [6.07, 6.45) is 0.123. The molecule has 8 heteroatoms. The van der Waals surface area contributed by atoms with Gasteiger partial charge in [-0.2, -0.15) is 0 Å². The molecule has 0 aliphatic carbocycles. The van der Waals surface area contributed by atoms with E-state index in [1.807, 2.05) is 36.4 Å². The molecule has 8 nitrogen and oxygen atoms in total. The molecule has 0 heterocycles. The summed E-state index contributed by atoms with van der Waals surface area (Å²) in [5, 5.41) is 39.9. The van der Waals surface area contributed by atoms with E-state index >= 15 is 0 Å². The van der Waals surface area contributed by atoms with Crippen molar-refractivity contribution in [1.82, 2.24) is 5.32 Å². The Morgan fingerprint density at radius 3 is 2.19 bits per heavy atom. The minimum Gasteiger partial charge on any atom is -0.508 e. The molecule has 0 bridgehead atoms. The molecule has 0 saturated heterocycles. The van der Waals surface area contributed by atoms with Crippen molar-refractivity contribution in [2.75, 3.05) is 26.3 Å². The zero-order valence-corrected chi connectivity index (χ0v) is 21.2. The monoisotopic (exact) mass is 511 g/mol. The van der Waals surface area contributed by atoms with Crippen molar-refractivity contribution in [1.29, 1.82) is 0 Å². The van der Waals surface area contributed by atoms with Crippen molar-refractivity contribution >= 4 is 5.97 Å². The van der Waals surface area contributed by atoms with Gasteiger partial charge in [0.25, 0.3) is 5.97 Å². The average molecular weight is 512 g/mol. The Bertz CT molecular complexity index is 1060. The Kier molecular flexibility index (Phi) is 14.0. The first-order chi connectivity index (χ1) is 17.9. The summed E-state index contributed by atoms with van der Waals surface area (Å²) in [5.74, 6) is -0.801. The molecule has 3 rings (SSSR count). The molecule has 5 N–H and O–H groups in total. The minimum atomic E-state index is -0.833. The molecule has 1 atom stereocenters. The molecule has 0 aliphatic heterocycles. The van der Waals surface area contributed by atoms with Crippen LogP contribution in [0.1, 0.15) is 40.8 Å². The Hall–Kier alpha value is -3.27. The van der Waals surface area contributed by atoms with Crippen molar-refractivity contribution in [3.63, 3.8) is 0 Å². The second kappa shape index (κ2) is 17.2.